The first-order valence-electron chi connectivity index (χ1n) is 8.53. The standard InChI is InChI=1S/C18H15Cl2N5O2S/c19-10-7-13(20)16-23-24-18(25(16)8-10)28-9-15(26)22-14-4-2-1-3-12(14)17(27)21-11-5-6-11/h1-4,7-8,11H,5-6,9H2,(H,21,27)(H,22,26). The number of hydrogen-bond donors (Lipinski definition) is 2. The van der Waals surface area contributed by atoms with E-state index in [9.17, 15) is 9.59 Å². The highest BCUT2D eigenvalue weighted by Gasteiger charge is 2.25. The summed E-state index contributed by atoms with van der Waals surface area (Å²) in [5, 5.41) is 15.1. The Bertz CT molecular complexity index is 1070. The summed E-state index contributed by atoms with van der Waals surface area (Å²) >= 11 is 13.3. The number of pyridine rings is 1. The maximum Gasteiger partial charge on any atom is 0.253 e. The van der Waals surface area contributed by atoms with Gasteiger partial charge in [-0.05, 0) is 31.0 Å². The fourth-order valence-corrected chi connectivity index (χ4v) is 3.82. The van der Waals surface area contributed by atoms with Crippen molar-refractivity contribution in [2.75, 3.05) is 11.1 Å². The van der Waals surface area contributed by atoms with E-state index in [2.05, 4.69) is 20.8 Å². The van der Waals surface area contributed by atoms with E-state index in [1.807, 2.05) is 0 Å². The zero-order valence-corrected chi connectivity index (χ0v) is 16.8. The molecular formula is C18H15Cl2N5O2S. The number of aromatic nitrogens is 3. The van der Waals surface area contributed by atoms with Gasteiger partial charge in [0.25, 0.3) is 5.91 Å². The number of benzene rings is 1. The molecule has 4 rings (SSSR count). The van der Waals surface area contributed by atoms with E-state index >= 15 is 0 Å². The van der Waals surface area contributed by atoms with Gasteiger partial charge < -0.3 is 10.6 Å². The molecule has 1 aromatic carbocycles. The number of hydrogen-bond acceptors (Lipinski definition) is 5. The van der Waals surface area contributed by atoms with E-state index in [-0.39, 0.29) is 23.6 Å². The van der Waals surface area contributed by atoms with Gasteiger partial charge in [0.05, 0.1) is 27.0 Å². The average molecular weight is 436 g/mol. The Morgan fingerprint density at radius 3 is 2.79 bits per heavy atom. The Kier molecular flexibility index (Phi) is 5.43. The Balaban J connectivity index is 1.44. The smallest absolute Gasteiger partial charge is 0.253 e. The molecule has 0 aliphatic heterocycles. The van der Waals surface area contributed by atoms with Crippen LogP contribution in [0.5, 0.6) is 0 Å². The number of para-hydroxylation sites is 1. The summed E-state index contributed by atoms with van der Waals surface area (Å²) in [6, 6.07) is 8.76. The molecule has 0 radical (unpaired) electrons. The number of halogens is 2. The topological polar surface area (TPSA) is 88.4 Å². The molecule has 7 nitrogen and oxygen atoms in total. The highest BCUT2D eigenvalue weighted by Crippen LogP contribution is 2.26. The summed E-state index contributed by atoms with van der Waals surface area (Å²) in [7, 11) is 0. The van der Waals surface area contributed by atoms with Gasteiger partial charge in [-0.1, -0.05) is 47.1 Å². The third kappa shape index (κ3) is 4.24. The lowest BCUT2D eigenvalue weighted by molar-refractivity contribution is -0.113. The predicted molar refractivity (Wildman–Crippen MR) is 109 cm³/mol. The minimum Gasteiger partial charge on any atom is -0.349 e. The second-order valence-electron chi connectivity index (χ2n) is 6.31. The normalized spacial score (nSPS) is 13.5. The van der Waals surface area contributed by atoms with E-state index < -0.39 is 0 Å². The summed E-state index contributed by atoms with van der Waals surface area (Å²) < 4.78 is 1.64. The van der Waals surface area contributed by atoms with Crippen LogP contribution in [-0.4, -0.2) is 38.2 Å². The van der Waals surface area contributed by atoms with Crippen molar-refractivity contribution in [1.82, 2.24) is 19.9 Å². The number of anilines is 1. The fraction of sp³-hybridized carbons (Fsp3) is 0.222. The van der Waals surface area contributed by atoms with Crippen molar-refractivity contribution in [3.63, 3.8) is 0 Å². The van der Waals surface area contributed by atoms with Crippen molar-refractivity contribution in [3.05, 3.63) is 52.1 Å². The van der Waals surface area contributed by atoms with Crippen LogP contribution in [-0.2, 0) is 4.79 Å². The van der Waals surface area contributed by atoms with Crippen LogP contribution in [0.1, 0.15) is 23.2 Å². The molecule has 0 spiro atoms. The molecule has 0 bridgehead atoms. The van der Waals surface area contributed by atoms with E-state index in [1.165, 1.54) is 11.8 Å². The zero-order chi connectivity index (χ0) is 19.7. The van der Waals surface area contributed by atoms with Crippen LogP contribution >= 0.6 is 35.0 Å². The third-order valence-electron chi connectivity index (χ3n) is 4.09. The molecule has 1 aliphatic carbocycles. The first-order valence-corrected chi connectivity index (χ1v) is 10.3. The Labute approximate surface area is 174 Å². The molecule has 10 heteroatoms. The highest BCUT2D eigenvalue weighted by atomic mass is 35.5. The lowest BCUT2D eigenvalue weighted by Crippen LogP contribution is -2.27. The van der Waals surface area contributed by atoms with Crippen LogP contribution < -0.4 is 10.6 Å². The largest absolute Gasteiger partial charge is 0.349 e. The first-order chi connectivity index (χ1) is 13.5. The molecule has 144 valence electrons. The summed E-state index contributed by atoms with van der Waals surface area (Å²) in [5.41, 5.74) is 1.39. The molecule has 1 saturated carbocycles. The number of fused-ring (bicyclic) bond motifs is 1. The van der Waals surface area contributed by atoms with Gasteiger partial charge in [-0.15, -0.1) is 10.2 Å². The molecule has 2 amide bonds. The molecule has 2 aromatic heterocycles. The molecule has 0 atom stereocenters. The van der Waals surface area contributed by atoms with Crippen molar-refractivity contribution < 1.29 is 9.59 Å². The Morgan fingerprint density at radius 2 is 2.00 bits per heavy atom. The van der Waals surface area contributed by atoms with Crippen molar-refractivity contribution in [2.24, 2.45) is 0 Å². The van der Waals surface area contributed by atoms with E-state index in [4.69, 9.17) is 23.2 Å². The molecule has 3 aromatic rings. The number of carbonyl (C=O) groups is 2. The lowest BCUT2D eigenvalue weighted by atomic mass is 10.1. The lowest BCUT2D eigenvalue weighted by Gasteiger charge is -2.11. The van der Waals surface area contributed by atoms with E-state index in [1.54, 1.807) is 40.9 Å². The fourth-order valence-electron chi connectivity index (χ4n) is 2.60. The molecular weight excluding hydrogens is 421 g/mol. The van der Waals surface area contributed by atoms with Crippen molar-refractivity contribution >= 4 is 58.1 Å². The van der Waals surface area contributed by atoms with Gasteiger partial charge in [-0.3, -0.25) is 14.0 Å². The molecule has 28 heavy (non-hydrogen) atoms. The minimum atomic E-state index is -0.262. The van der Waals surface area contributed by atoms with Gasteiger partial charge in [0, 0.05) is 12.2 Å². The summed E-state index contributed by atoms with van der Waals surface area (Å²) in [4.78, 5) is 24.8. The van der Waals surface area contributed by atoms with Gasteiger partial charge in [-0.25, -0.2) is 0 Å². The Morgan fingerprint density at radius 1 is 1.21 bits per heavy atom. The second-order valence-corrected chi connectivity index (χ2v) is 8.10. The van der Waals surface area contributed by atoms with Gasteiger partial charge >= 0.3 is 0 Å². The minimum absolute atomic E-state index is 0.0868. The number of amides is 2. The number of carbonyl (C=O) groups excluding carboxylic acids is 2. The van der Waals surface area contributed by atoms with Gasteiger partial charge in [0.1, 0.15) is 0 Å². The van der Waals surface area contributed by atoms with Gasteiger partial charge in [0.15, 0.2) is 10.8 Å². The first kappa shape index (κ1) is 19.0. The predicted octanol–water partition coefficient (Wildman–Crippen LogP) is 3.66. The molecule has 1 aliphatic rings. The molecule has 1 fully saturated rings. The van der Waals surface area contributed by atoms with Crippen LogP contribution in [0.3, 0.4) is 0 Å². The average Bonchev–Trinajstić information content (AvgIpc) is 3.38. The monoisotopic (exact) mass is 435 g/mol. The molecule has 2 N–H and O–H groups in total. The van der Waals surface area contributed by atoms with E-state index in [0.717, 1.165) is 12.8 Å². The van der Waals surface area contributed by atoms with Crippen LogP contribution in [0.25, 0.3) is 5.65 Å². The number of rotatable bonds is 6. The van der Waals surface area contributed by atoms with Gasteiger partial charge in [0.2, 0.25) is 5.91 Å². The third-order valence-corrected chi connectivity index (χ3v) is 5.51. The molecule has 2 heterocycles. The van der Waals surface area contributed by atoms with Gasteiger partial charge in [-0.2, -0.15) is 0 Å². The Hall–Kier alpha value is -2.29. The molecule has 0 unspecified atom stereocenters. The van der Waals surface area contributed by atoms with Crippen molar-refractivity contribution in [3.8, 4) is 0 Å². The molecule has 0 saturated heterocycles. The van der Waals surface area contributed by atoms with Crippen LogP contribution in [0.4, 0.5) is 5.69 Å². The quantitative estimate of drug-likeness (QED) is 0.576. The van der Waals surface area contributed by atoms with Crippen molar-refractivity contribution in [2.45, 2.75) is 24.0 Å². The maximum atomic E-state index is 12.4. The SMILES string of the molecule is O=C(CSc1nnc2c(Cl)cc(Cl)cn12)Nc1ccccc1C(=O)NC1CC1. The number of nitrogens with one attached hydrogen (secondary N) is 2. The summed E-state index contributed by atoms with van der Waals surface area (Å²) in [6.07, 6.45) is 3.63. The summed E-state index contributed by atoms with van der Waals surface area (Å²) in [6.45, 7) is 0. The van der Waals surface area contributed by atoms with Crippen LogP contribution in [0, 0.1) is 0 Å². The number of thioether (sulfide) groups is 1. The zero-order valence-electron chi connectivity index (χ0n) is 14.5. The van der Waals surface area contributed by atoms with E-state index in [0.29, 0.717) is 32.1 Å². The highest BCUT2D eigenvalue weighted by molar-refractivity contribution is 7.99. The van der Waals surface area contributed by atoms with Crippen molar-refractivity contribution in [1.29, 1.82) is 0 Å². The van der Waals surface area contributed by atoms with Crippen LogP contribution in [0.15, 0.2) is 41.7 Å². The van der Waals surface area contributed by atoms with Crippen LogP contribution in [0.2, 0.25) is 10.0 Å². The number of nitrogens with zero attached hydrogens (tertiary/aromatic N) is 3. The maximum absolute atomic E-state index is 12.4. The second kappa shape index (κ2) is 7.98. The summed E-state index contributed by atoms with van der Waals surface area (Å²) in [5.74, 6) is -0.357.